The minimum atomic E-state index is 0.303. The van der Waals surface area contributed by atoms with Crippen molar-refractivity contribution in [2.24, 2.45) is 0 Å². The Hall–Kier alpha value is -0.900. The maximum atomic E-state index is 5.86. The molecule has 1 aliphatic rings. The third kappa shape index (κ3) is 5.23. The average Bonchev–Trinajstić information content (AvgIpc) is 2.50. The van der Waals surface area contributed by atoms with E-state index >= 15 is 0 Å². The predicted molar refractivity (Wildman–Crippen MR) is 81.9 cm³/mol. The number of rotatable bonds is 8. The summed E-state index contributed by atoms with van der Waals surface area (Å²) in [6, 6.07) is 8.57. The maximum absolute atomic E-state index is 5.86. The van der Waals surface area contributed by atoms with E-state index < -0.39 is 0 Å². The van der Waals surface area contributed by atoms with E-state index in [0.29, 0.717) is 12.7 Å². The van der Waals surface area contributed by atoms with Crippen molar-refractivity contribution in [3.63, 3.8) is 0 Å². The largest absolute Gasteiger partial charge is 0.376 e. The van der Waals surface area contributed by atoms with Crippen molar-refractivity contribution in [1.29, 1.82) is 0 Å². The predicted octanol–water partition coefficient (Wildman–Crippen LogP) is 2.92. The Morgan fingerprint density at radius 2 is 2.10 bits per heavy atom. The molecule has 112 valence electrons. The van der Waals surface area contributed by atoms with Gasteiger partial charge < -0.3 is 14.8 Å². The van der Waals surface area contributed by atoms with E-state index in [-0.39, 0.29) is 0 Å². The van der Waals surface area contributed by atoms with Crippen LogP contribution in [0.3, 0.4) is 0 Å². The lowest BCUT2D eigenvalue weighted by molar-refractivity contribution is -0.0448. The molecule has 1 unspecified atom stereocenters. The van der Waals surface area contributed by atoms with Gasteiger partial charge in [0.2, 0.25) is 0 Å². The van der Waals surface area contributed by atoms with Gasteiger partial charge in [0.25, 0.3) is 0 Å². The molecule has 0 amide bonds. The van der Waals surface area contributed by atoms with E-state index in [9.17, 15) is 0 Å². The summed E-state index contributed by atoms with van der Waals surface area (Å²) in [5, 5.41) is 3.37. The van der Waals surface area contributed by atoms with Gasteiger partial charge in [-0.05, 0) is 49.9 Å². The lowest BCUT2D eigenvalue weighted by Gasteiger charge is -2.22. The van der Waals surface area contributed by atoms with Crippen molar-refractivity contribution < 1.29 is 9.47 Å². The summed E-state index contributed by atoms with van der Waals surface area (Å²) >= 11 is 0. The van der Waals surface area contributed by atoms with Gasteiger partial charge in [-0.1, -0.05) is 31.2 Å². The first kappa shape index (κ1) is 15.5. The van der Waals surface area contributed by atoms with Crippen LogP contribution in [0, 0.1) is 0 Å². The minimum Gasteiger partial charge on any atom is -0.376 e. The number of nitrogens with one attached hydrogen (secondary N) is 1. The monoisotopic (exact) mass is 277 g/mol. The Labute approximate surface area is 122 Å². The molecular formula is C17H27NO2. The topological polar surface area (TPSA) is 30.5 Å². The summed E-state index contributed by atoms with van der Waals surface area (Å²) in [4.78, 5) is 0. The summed E-state index contributed by atoms with van der Waals surface area (Å²) in [5.74, 6) is 0. The normalized spacial score (nSPS) is 19.1. The van der Waals surface area contributed by atoms with Crippen LogP contribution in [0.15, 0.2) is 24.3 Å². The Bertz CT molecular complexity index is 375. The first-order chi connectivity index (χ1) is 9.90. The second kappa shape index (κ2) is 9.11. The summed E-state index contributed by atoms with van der Waals surface area (Å²) in [6.07, 6.45) is 4.98. The molecule has 0 saturated carbocycles. The summed E-state index contributed by atoms with van der Waals surface area (Å²) in [5.41, 5.74) is 2.69. The van der Waals surface area contributed by atoms with Crippen LogP contribution in [-0.4, -0.2) is 32.4 Å². The van der Waals surface area contributed by atoms with Crippen LogP contribution in [0.4, 0.5) is 0 Å². The molecule has 1 aliphatic heterocycles. The number of likely N-dealkylation sites (N-methyl/N-ethyl adjacent to an activating group) is 1. The van der Waals surface area contributed by atoms with E-state index in [2.05, 4.69) is 36.5 Å². The SMILES string of the molecule is CCNCCc1ccccc1COCC1CCCCO1. The fraction of sp³-hybridized carbons (Fsp3) is 0.647. The highest BCUT2D eigenvalue weighted by Gasteiger charge is 2.13. The van der Waals surface area contributed by atoms with Crippen molar-refractivity contribution in [3.05, 3.63) is 35.4 Å². The van der Waals surface area contributed by atoms with E-state index in [1.807, 2.05) is 0 Å². The minimum absolute atomic E-state index is 0.303. The van der Waals surface area contributed by atoms with E-state index in [1.165, 1.54) is 24.0 Å². The quantitative estimate of drug-likeness (QED) is 0.741. The van der Waals surface area contributed by atoms with Gasteiger partial charge in [0.15, 0.2) is 0 Å². The van der Waals surface area contributed by atoms with Crippen molar-refractivity contribution >= 4 is 0 Å². The van der Waals surface area contributed by atoms with Crippen LogP contribution in [0.25, 0.3) is 0 Å². The third-order valence-electron chi connectivity index (χ3n) is 3.77. The number of benzene rings is 1. The Balaban J connectivity index is 1.76. The smallest absolute Gasteiger partial charge is 0.0808 e. The average molecular weight is 277 g/mol. The first-order valence-corrected chi connectivity index (χ1v) is 7.87. The van der Waals surface area contributed by atoms with Gasteiger partial charge in [-0.25, -0.2) is 0 Å². The van der Waals surface area contributed by atoms with Crippen molar-refractivity contribution in [2.75, 3.05) is 26.3 Å². The van der Waals surface area contributed by atoms with Gasteiger partial charge in [-0.3, -0.25) is 0 Å². The molecule has 1 aromatic rings. The molecule has 0 bridgehead atoms. The Morgan fingerprint density at radius 1 is 1.25 bits per heavy atom. The molecule has 1 atom stereocenters. The fourth-order valence-electron chi connectivity index (χ4n) is 2.58. The number of hydrogen-bond donors (Lipinski definition) is 1. The van der Waals surface area contributed by atoms with Gasteiger partial charge in [0, 0.05) is 6.61 Å². The van der Waals surface area contributed by atoms with Gasteiger partial charge >= 0.3 is 0 Å². The van der Waals surface area contributed by atoms with Crippen molar-refractivity contribution in [3.8, 4) is 0 Å². The van der Waals surface area contributed by atoms with Crippen LogP contribution >= 0.6 is 0 Å². The molecule has 3 nitrogen and oxygen atoms in total. The van der Waals surface area contributed by atoms with Crippen LogP contribution in [0.2, 0.25) is 0 Å². The van der Waals surface area contributed by atoms with Crippen LogP contribution < -0.4 is 5.32 Å². The van der Waals surface area contributed by atoms with Gasteiger partial charge in [-0.2, -0.15) is 0 Å². The second-order valence-corrected chi connectivity index (χ2v) is 5.38. The number of ether oxygens (including phenoxy) is 2. The zero-order valence-electron chi connectivity index (χ0n) is 12.6. The molecule has 0 radical (unpaired) electrons. The summed E-state index contributed by atoms with van der Waals surface area (Å²) in [7, 11) is 0. The van der Waals surface area contributed by atoms with Gasteiger partial charge in [-0.15, -0.1) is 0 Å². The summed E-state index contributed by atoms with van der Waals surface area (Å²) < 4.78 is 11.6. The standard InChI is InChI=1S/C17H27NO2/c1-2-18-11-10-15-7-3-4-8-16(15)13-19-14-17-9-5-6-12-20-17/h3-4,7-8,17-18H,2,5-6,9-14H2,1H3. The Morgan fingerprint density at radius 3 is 2.85 bits per heavy atom. The van der Waals surface area contributed by atoms with Crippen molar-refractivity contribution in [2.45, 2.75) is 45.3 Å². The van der Waals surface area contributed by atoms with Crippen LogP contribution in [-0.2, 0) is 22.5 Å². The first-order valence-electron chi connectivity index (χ1n) is 7.87. The van der Waals surface area contributed by atoms with Gasteiger partial charge in [0.1, 0.15) is 0 Å². The molecule has 1 fully saturated rings. The Kier molecular flexibility index (Phi) is 7.06. The number of hydrogen-bond acceptors (Lipinski definition) is 3. The zero-order chi connectivity index (χ0) is 14.0. The lowest BCUT2D eigenvalue weighted by atomic mass is 10.1. The molecule has 1 heterocycles. The fourth-order valence-corrected chi connectivity index (χ4v) is 2.58. The highest BCUT2D eigenvalue weighted by atomic mass is 16.5. The molecule has 0 aromatic heterocycles. The summed E-state index contributed by atoms with van der Waals surface area (Å²) in [6.45, 7) is 6.51. The zero-order valence-corrected chi connectivity index (χ0v) is 12.6. The second-order valence-electron chi connectivity index (χ2n) is 5.38. The molecule has 0 spiro atoms. The molecule has 1 N–H and O–H groups in total. The van der Waals surface area contributed by atoms with Crippen molar-refractivity contribution in [1.82, 2.24) is 5.32 Å². The van der Waals surface area contributed by atoms with E-state index in [0.717, 1.165) is 39.1 Å². The van der Waals surface area contributed by atoms with Gasteiger partial charge in [0.05, 0.1) is 19.3 Å². The molecular weight excluding hydrogens is 250 g/mol. The maximum Gasteiger partial charge on any atom is 0.0808 e. The highest BCUT2D eigenvalue weighted by Crippen LogP contribution is 2.15. The van der Waals surface area contributed by atoms with Crippen LogP contribution in [0.1, 0.15) is 37.3 Å². The lowest BCUT2D eigenvalue weighted by Crippen LogP contribution is -2.24. The molecule has 3 heteroatoms. The molecule has 1 aromatic carbocycles. The molecule has 1 saturated heterocycles. The highest BCUT2D eigenvalue weighted by molar-refractivity contribution is 5.26. The molecule has 20 heavy (non-hydrogen) atoms. The molecule has 0 aliphatic carbocycles. The third-order valence-corrected chi connectivity index (χ3v) is 3.77. The van der Waals surface area contributed by atoms with E-state index in [1.54, 1.807) is 0 Å². The van der Waals surface area contributed by atoms with E-state index in [4.69, 9.17) is 9.47 Å². The van der Waals surface area contributed by atoms with Crippen LogP contribution in [0.5, 0.6) is 0 Å². The molecule has 2 rings (SSSR count).